The quantitative estimate of drug-likeness (QED) is 0.431. The number of nitrogens with one attached hydrogen (secondary N) is 3. The van der Waals surface area contributed by atoms with Gasteiger partial charge in [0.15, 0.2) is 5.82 Å². The third-order valence-corrected chi connectivity index (χ3v) is 7.02. The molecule has 8 heteroatoms. The van der Waals surface area contributed by atoms with Crippen molar-refractivity contribution >= 4 is 33.8 Å². The monoisotopic (exact) mass is 454 g/mol. The summed E-state index contributed by atoms with van der Waals surface area (Å²) >= 11 is 0. The van der Waals surface area contributed by atoms with Crippen LogP contribution in [0.15, 0.2) is 54.7 Å². The van der Waals surface area contributed by atoms with Crippen LogP contribution < -0.4 is 20.4 Å². The summed E-state index contributed by atoms with van der Waals surface area (Å²) in [7, 11) is 6.23. The first-order valence-corrected chi connectivity index (χ1v) is 11.8. The summed E-state index contributed by atoms with van der Waals surface area (Å²) < 4.78 is 0. The molecule has 2 aromatic carbocycles. The highest BCUT2D eigenvalue weighted by molar-refractivity contribution is 5.83. The van der Waals surface area contributed by atoms with Crippen molar-refractivity contribution in [3.05, 3.63) is 60.3 Å². The smallest absolute Gasteiger partial charge is 0.157 e. The van der Waals surface area contributed by atoms with E-state index in [1.54, 1.807) is 0 Å². The Kier molecular flexibility index (Phi) is 5.03. The molecule has 1 atom stereocenters. The van der Waals surface area contributed by atoms with Crippen molar-refractivity contribution in [3.8, 4) is 11.5 Å². The van der Waals surface area contributed by atoms with E-state index in [2.05, 4.69) is 85.8 Å². The molecule has 2 aliphatic rings. The Balaban J connectivity index is 1.25. The predicted molar refractivity (Wildman–Crippen MR) is 140 cm³/mol. The van der Waals surface area contributed by atoms with Gasteiger partial charge in [0.2, 0.25) is 0 Å². The number of pyridine rings is 1. The first kappa shape index (κ1) is 20.8. The Bertz CT molecular complexity index is 1320. The first-order chi connectivity index (χ1) is 16.6. The van der Waals surface area contributed by atoms with E-state index < -0.39 is 0 Å². The van der Waals surface area contributed by atoms with Gasteiger partial charge in [0.05, 0.1) is 34.3 Å². The van der Waals surface area contributed by atoms with Crippen LogP contribution in [0.5, 0.6) is 0 Å². The molecule has 0 radical (unpaired) electrons. The minimum Gasteiger partial charge on any atom is -0.387 e. The Morgan fingerprint density at radius 3 is 2.59 bits per heavy atom. The lowest BCUT2D eigenvalue weighted by Crippen LogP contribution is -2.44. The number of imidazole rings is 1. The summed E-state index contributed by atoms with van der Waals surface area (Å²) in [6.07, 6.45) is 1.89. The van der Waals surface area contributed by atoms with E-state index in [0.29, 0.717) is 0 Å². The van der Waals surface area contributed by atoms with E-state index in [1.807, 2.05) is 25.4 Å². The highest BCUT2D eigenvalue weighted by Crippen LogP contribution is 2.42. The molecule has 0 saturated carbocycles. The van der Waals surface area contributed by atoms with E-state index in [-0.39, 0.29) is 6.17 Å². The molecule has 6 rings (SSSR count). The topological polar surface area (TPSA) is 75.4 Å². The second-order valence-electron chi connectivity index (χ2n) is 9.19. The number of benzene rings is 2. The Morgan fingerprint density at radius 2 is 1.82 bits per heavy atom. The third-order valence-electron chi connectivity index (χ3n) is 7.02. The zero-order chi connectivity index (χ0) is 23.2. The number of hydrogen-bond acceptors (Lipinski definition) is 7. The maximum atomic E-state index is 4.75. The summed E-state index contributed by atoms with van der Waals surface area (Å²) in [5, 5.41) is 6.84. The van der Waals surface area contributed by atoms with Crippen LogP contribution in [-0.4, -0.2) is 67.2 Å². The molecule has 34 heavy (non-hydrogen) atoms. The number of nitrogens with zero attached hydrogens (tertiary/aromatic N) is 5. The lowest BCUT2D eigenvalue weighted by Gasteiger charge is -2.34. The normalized spacial score (nSPS) is 18.3. The summed E-state index contributed by atoms with van der Waals surface area (Å²) in [6.45, 7) is 4.35. The summed E-state index contributed by atoms with van der Waals surface area (Å²) in [5.41, 5.74) is 8.65. The lowest BCUT2D eigenvalue weighted by atomic mass is 10.1. The fourth-order valence-corrected chi connectivity index (χ4v) is 4.90. The van der Waals surface area contributed by atoms with Gasteiger partial charge in [-0.2, -0.15) is 0 Å². The molecular weight excluding hydrogens is 424 g/mol. The minimum absolute atomic E-state index is 0.0712. The maximum absolute atomic E-state index is 4.75. The van der Waals surface area contributed by atoms with Crippen molar-refractivity contribution in [3.63, 3.8) is 0 Å². The number of fused-ring (bicyclic) bond motifs is 2. The van der Waals surface area contributed by atoms with Crippen molar-refractivity contribution in [2.75, 3.05) is 67.8 Å². The van der Waals surface area contributed by atoms with Crippen LogP contribution in [0.4, 0.5) is 22.7 Å². The Morgan fingerprint density at radius 1 is 0.971 bits per heavy atom. The molecule has 2 aromatic heterocycles. The molecule has 3 N–H and O–H groups in total. The third kappa shape index (κ3) is 3.60. The van der Waals surface area contributed by atoms with Gasteiger partial charge in [-0.05, 0) is 55.1 Å². The molecule has 4 heterocycles. The molecule has 2 aliphatic heterocycles. The standard InChI is InChI=1S/C26H30N8/c1-27-18-5-8-21(28-16-18)25-29-20-7-4-17(14-22(20)30-25)26-31-23-15-19(6-9-24(23)33(26)3)34-12-10-32(2)11-13-34/h4-9,14-16,26-27,31H,10-13H2,1-3H3,(H,29,30). The second kappa shape index (κ2) is 8.22. The zero-order valence-corrected chi connectivity index (χ0v) is 19.8. The maximum Gasteiger partial charge on any atom is 0.157 e. The predicted octanol–water partition coefficient (Wildman–Crippen LogP) is 3.98. The number of H-pyrrole nitrogens is 1. The second-order valence-corrected chi connectivity index (χ2v) is 9.19. The van der Waals surface area contributed by atoms with E-state index >= 15 is 0 Å². The number of hydrogen-bond donors (Lipinski definition) is 3. The van der Waals surface area contributed by atoms with E-state index in [0.717, 1.165) is 54.4 Å². The van der Waals surface area contributed by atoms with Gasteiger partial charge in [-0.15, -0.1) is 0 Å². The van der Waals surface area contributed by atoms with Crippen LogP contribution in [0.3, 0.4) is 0 Å². The van der Waals surface area contributed by atoms with Crippen molar-refractivity contribution < 1.29 is 0 Å². The average molecular weight is 455 g/mol. The van der Waals surface area contributed by atoms with Crippen molar-refractivity contribution in [1.82, 2.24) is 19.9 Å². The van der Waals surface area contributed by atoms with Crippen LogP contribution in [0.25, 0.3) is 22.6 Å². The molecule has 0 bridgehead atoms. The first-order valence-electron chi connectivity index (χ1n) is 11.8. The SMILES string of the molecule is CNc1ccc(-c2nc3ccc(C4Nc5cc(N6CCN(C)CC6)ccc5N4C)cc3[nH]2)nc1. The molecule has 0 aliphatic carbocycles. The van der Waals surface area contributed by atoms with Gasteiger partial charge in [0, 0.05) is 46.0 Å². The Hall–Kier alpha value is -3.78. The summed E-state index contributed by atoms with van der Waals surface area (Å²) in [5.74, 6) is 0.780. The molecule has 0 amide bonds. The number of likely N-dealkylation sites (N-methyl/N-ethyl adjacent to an activating group) is 1. The molecule has 1 fully saturated rings. The highest BCUT2D eigenvalue weighted by atomic mass is 15.3. The van der Waals surface area contributed by atoms with Gasteiger partial charge < -0.3 is 30.3 Å². The fraction of sp³-hybridized carbons (Fsp3) is 0.308. The van der Waals surface area contributed by atoms with Crippen LogP contribution >= 0.6 is 0 Å². The zero-order valence-electron chi connectivity index (χ0n) is 19.8. The largest absolute Gasteiger partial charge is 0.387 e. The number of rotatable bonds is 4. The van der Waals surface area contributed by atoms with E-state index in [9.17, 15) is 0 Å². The van der Waals surface area contributed by atoms with E-state index in [1.165, 1.54) is 22.6 Å². The molecule has 174 valence electrons. The van der Waals surface area contributed by atoms with Gasteiger partial charge in [-0.1, -0.05) is 6.07 Å². The van der Waals surface area contributed by atoms with Crippen LogP contribution in [0, 0.1) is 0 Å². The van der Waals surface area contributed by atoms with Crippen LogP contribution in [0.1, 0.15) is 11.7 Å². The highest BCUT2D eigenvalue weighted by Gasteiger charge is 2.28. The summed E-state index contributed by atoms with van der Waals surface area (Å²) in [4.78, 5) is 19.9. The number of aromatic nitrogens is 3. The molecule has 1 saturated heterocycles. The molecule has 8 nitrogen and oxygen atoms in total. The molecular formula is C26H30N8. The van der Waals surface area contributed by atoms with Gasteiger partial charge in [0.25, 0.3) is 0 Å². The van der Waals surface area contributed by atoms with Crippen molar-refractivity contribution in [1.29, 1.82) is 0 Å². The Labute approximate surface area is 199 Å². The number of aromatic amines is 1. The molecule has 1 unspecified atom stereocenters. The number of piperazine rings is 1. The average Bonchev–Trinajstić information content (AvgIpc) is 3.45. The fourth-order valence-electron chi connectivity index (χ4n) is 4.90. The van der Waals surface area contributed by atoms with Crippen molar-refractivity contribution in [2.45, 2.75) is 6.17 Å². The lowest BCUT2D eigenvalue weighted by molar-refractivity contribution is 0.313. The minimum atomic E-state index is 0.0712. The van der Waals surface area contributed by atoms with Gasteiger partial charge in [0.1, 0.15) is 11.9 Å². The molecule has 4 aromatic rings. The van der Waals surface area contributed by atoms with Crippen LogP contribution in [-0.2, 0) is 0 Å². The van der Waals surface area contributed by atoms with Gasteiger partial charge in [-0.3, -0.25) is 4.98 Å². The van der Waals surface area contributed by atoms with Crippen molar-refractivity contribution in [2.24, 2.45) is 0 Å². The van der Waals surface area contributed by atoms with Gasteiger partial charge >= 0.3 is 0 Å². The summed E-state index contributed by atoms with van der Waals surface area (Å²) in [6, 6.07) is 17.2. The van der Waals surface area contributed by atoms with Gasteiger partial charge in [-0.25, -0.2) is 4.98 Å². The molecule has 0 spiro atoms. The van der Waals surface area contributed by atoms with Crippen LogP contribution in [0.2, 0.25) is 0 Å². The number of anilines is 4. The van der Waals surface area contributed by atoms with E-state index in [4.69, 9.17) is 4.98 Å².